The molecule has 0 unspecified atom stereocenters. The van der Waals surface area contributed by atoms with Crippen molar-refractivity contribution >= 4 is 23.6 Å². The van der Waals surface area contributed by atoms with Gasteiger partial charge >= 0.3 is 12.0 Å². The zero-order chi connectivity index (χ0) is 20.6. The minimum atomic E-state index is -0.375. The van der Waals surface area contributed by atoms with Gasteiger partial charge in [0.25, 0.3) is 5.91 Å². The van der Waals surface area contributed by atoms with Crippen LogP contribution in [-0.2, 0) is 4.74 Å². The molecule has 2 N–H and O–H groups in total. The third kappa shape index (κ3) is 5.60. The molecule has 1 aliphatic rings. The van der Waals surface area contributed by atoms with Crippen molar-refractivity contribution < 1.29 is 23.5 Å². The fourth-order valence-electron chi connectivity index (χ4n) is 3.12. The molecule has 0 radical (unpaired) electrons. The molecular weight excluding hydrogens is 374 g/mol. The van der Waals surface area contributed by atoms with Crippen LogP contribution < -0.4 is 10.6 Å². The Kier molecular flexibility index (Phi) is 6.89. The maximum Gasteiger partial charge on any atom is 0.338 e. The van der Waals surface area contributed by atoms with E-state index in [4.69, 9.17) is 9.15 Å². The second kappa shape index (κ2) is 9.77. The number of urea groups is 1. The van der Waals surface area contributed by atoms with E-state index in [1.165, 1.54) is 12.5 Å². The molecule has 0 bridgehead atoms. The van der Waals surface area contributed by atoms with Crippen molar-refractivity contribution in [3.8, 4) is 0 Å². The van der Waals surface area contributed by atoms with Crippen LogP contribution in [0, 0.1) is 0 Å². The van der Waals surface area contributed by atoms with Crippen molar-refractivity contribution in [3.63, 3.8) is 0 Å². The normalized spacial score (nSPS) is 14.3. The highest BCUT2D eigenvalue weighted by Gasteiger charge is 2.25. The van der Waals surface area contributed by atoms with Crippen molar-refractivity contribution in [2.75, 3.05) is 25.0 Å². The Morgan fingerprint density at radius 1 is 1.10 bits per heavy atom. The molecule has 0 aliphatic carbocycles. The lowest BCUT2D eigenvalue weighted by atomic mass is 10.0. The summed E-state index contributed by atoms with van der Waals surface area (Å²) in [5.41, 5.74) is 1.57. The number of hydrogen-bond acceptors (Lipinski definition) is 5. The van der Waals surface area contributed by atoms with Crippen LogP contribution in [0.4, 0.5) is 10.5 Å². The predicted octanol–water partition coefficient (Wildman–Crippen LogP) is 3.27. The summed E-state index contributed by atoms with van der Waals surface area (Å²) >= 11 is 0. The third-order valence-corrected chi connectivity index (χ3v) is 4.70. The van der Waals surface area contributed by atoms with E-state index in [2.05, 4.69) is 10.6 Å². The lowest BCUT2D eigenvalue weighted by Crippen LogP contribution is -2.47. The van der Waals surface area contributed by atoms with Crippen molar-refractivity contribution in [3.05, 3.63) is 54.0 Å². The summed E-state index contributed by atoms with van der Waals surface area (Å²) in [6.07, 6.45) is 5.04. The quantitative estimate of drug-likeness (QED) is 0.726. The monoisotopic (exact) mass is 399 g/mol. The molecule has 8 heteroatoms. The van der Waals surface area contributed by atoms with Gasteiger partial charge in [0.2, 0.25) is 0 Å². The van der Waals surface area contributed by atoms with Gasteiger partial charge in [-0.05, 0) is 49.6 Å². The molecule has 1 aromatic carbocycles. The Bertz CT molecular complexity index is 825. The predicted molar refractivity (Wildman–Crippen MR) is 107 cm³/mol. The van der Waals surface area contributed by atoms with Gasteiger partial charge in [-0.3, -0.25) is 4.79 Å². The number of ether oxygens (including phenoxy) is 1. The number of hydrogen-bond donors (Lipinski definition) is 2. The van der Waals surface area contributed by atoms with Gasteiger partial charge in [-0.25, -0.2) is 9.59 Å². The maximum atomic E-state index is 12.3. The van der Waals surface area contributed by atoms with Crippen LogP contribution in [0.5, 0.6) is 0 Å². The summed E-state index contributed by atoms with van der Waals surface area (Å²) < 4.78 is 10.0. The van der Waals surface area contributed by atoms with Gasteiger partial charge in [-0.15, -0.1) is 0 Å². The summed E-state index contributed by atoms with van der Waals surface area (Å²) in [6, 6.07) is 7.89. The molecule has 2 aromatic rings. The molecule has 0 saturated carbocycles. The molecule has 2 heterocycles. The van der Waals surface area contributed by atoms with Gasteiger partial charge in [0.15, 0.2) is 0 Å². The highest BCUT2D eigenvalue weighted by molar-refractivity contribution is 5.94. The Morgan fingerprint density at radius 3 is 2.45 bits per heavy atom. The molecule has 1 saturated heterocycles. The molecule has 1 aliphatic heterocycles. The van der Waals surface area contributed by atoms with E-state index in [1.54, 1.807) is 35.2 Å². The summed E-state index contributed by atoms with van der Waals surface area (Å²) in [5, 5.41) is 5.69. The highest BCUT2D eigenvalue weighted by atomic mass is 16.5. The number of carbonyl (C=O) groups excluding carboxylic acids is 3. The van der Waals surface area contributed by atoms with Crippen molar-refractivity contribution in [2.45, 2.75) is 32.2 Å². The summed E-state index contributed by atoms with van der Waals surface area (Å²) in [7, 11) is 0. The van der Waals surface area contributed by atoms with Crippen molar-refractivity contribution in [1.82, 2.24) is 10.2 Å². The van der Waals surface area contributed by atoms with E-state index in [-0.39, 0.29) is 23.9 Å². The number of likely N-dealkylation sites (tertiary alicyclic amines) is 1. The first-order valence-corrected chi connectivity index (χ1v) is 9.73. The first kappa shape index (κ1) is 20.4. The molecular formula is C21H25N3O5. The summed E-state index contributed by atoms with van der Waals surface area (Å²) in [6.45, 7) is 3.46. The number of amides is 3. The van der Waals surface area contributed by atoms with E-state index in [0.29, 0.717) is 49.4 Å². The third-order valence-electron chi connectivity index (χ3n) is 4.70. The van der Waals surface area contributed by atoms with Crippen LogP contribution in [0.3, 0.4) is 0 Å². The molecule has 29 heavy (non-hydrogen) atoms. The van der Waals surface area contributed by atoms with Gasteiger partial charge in [-0.2, -0.15) is 0 Å². The number of nitrogens with one attached hydrogen (secondary N) is 2. The van der Waals surface area contributed by atoms with E-state index < -0.39 is 0 Å². The van der Waals surface area contributed by atoms with Crippen LogP contribution >= 0.6 is 0 Å². The van der Waals surface area contributed by atoms with Crippen LogP contribution in [0.25, 0.3) is 0 Å². The molecule has 3 amide bonds. The number of piperidine rings is 1. The first-order chi connectivity index (χ1) is 14.1. The van der Waals surface area contributed by atoms with Gasteiger partial charge in [0.1, 0.15) is 6.26 Å². The van der Waals surface area contributed by atoms with Crippen LogP contribution in [-0.4, -0.2) is 48.5 Å². The van der Waals surface area contributed by atoms with E-state index in [9.17, 15) is 14.4 Å². The number of furan rings is 1. The summed E-state index contributed by atoms with van der Waals surface area (Å²) in [5.74, 6) is -0.432. The molecule has 3 rings (SSSR count). The fraction of sp³-hybridized carbons (Fsp3) is 0.381. The van der Waals surface area contributed by atoms with Crippen LogP contribution in [0.15, 0.2) is 47.3 Å². The molecule has 154 valence electrons. The summed E-state index contributed by atoms with van der Waals surface area (Å²) in [4.78, 5) is 38.1. The average Bonchev–Trinajstić information content (AvgIpc) is 3.27. The average molecular weight is 399 g/mol. The standard InChI is InChI=1S/C21H25N3O5/c1-2-12-29-20(26)15-3-5-17(6-4-15)22-21(27)23-18-7-10-24(11-8-18)19(25)16-9-13-28-14-16/h3-6,9,13-14,18H,2,7-8,10-12H2,1H3,(H2,22,23,27). The number of rotatable bonds is 6. The molecule has 1 fully saturated rings. The molecule has 1 aromatic heterocycles. The Labute approximate surface area is 169 Å². The maximum absolute atomic E-state index is 12.3. The molecule has 0 atom stereocenters. The lowest BCUT2D eigenvalue weighted by Gasteiger charge is -2.32. The Morgan fingerprint density at radius 2 is 1.83 bits per heavy atom. The number of anilines is 1. The minimum Gasteiger partial charge on any atom is -0.472 e. The lowest BCUT2D eigenvalue weighted by molar-refractivity contribution is 0.0505. The van der Waals surface area contributed by atoms with Crippen LogP contribution in [0.1, 0.15) is 46.9 Å². The van der Waals surface area contributed by atoms with E-state index in [0.717, 1.165) is 6.42 Å². The number of esters is 1. The van der Waals surface area contributed by atoms with Gasteiger partial charge in [0.05, 0.1) is 24.0 Å². The van der Waals surface area contributed by atoms with E-state index >= 15 is 0 Å². The fourth-order valence-corrected chi connectivity index (χ4v) is 3.12. The second-order valence-electron chi connectivity index (χ2n) is 6.89. The van der Waals surface area contributed by atoms with Crippen molar-refractivity contribution in [2.24, 2.45) is 0 Å². The Hall–Kier alpha value is -3.29. The largest absolute Gasteiger partial charge is 0.472 e. The van der Waals surface area contributed by atoms with Gasteiger partial charge < -0.3 is 24.7 Å². The Balaban J connectivity index is 1.43. The van der Waals surface area contributed by atoms with Gasteiger partial charge in [-0.1, -0.05) is 6.92 Å². The first-order valence-electron chi connectivity index (χ1n) is 9.73. The molecule has 0 spiro atoms. The minimum absolute atomic E-state index is 0.00769. The smallest absolute Gasteiger partial charge is 0.338 e. The van der Waals surface area contributed by atoms with Crippen LogP contribution in [0.2, 0.25) is 0 Å². The number of nitrogens with zero attached hydrogens (tertiary/aromatic N) is 1. The van der Waals surface area contributed by atoms with Gasteiger partial charge in [0, 0.05) is 24.8 Å². The topological polar surface area (TPSA) is 101 Å². The zero-order valence-electron chi connectivity index (χ0n) is 16.3. The highest BCUT2D eigenvalue weighted by Crippen LogP contribution is 2.15. The van der Waals surface area contributed by atoms with E-state index in [1.807, 2.05) is 6.92 Å². The zero-order valence-corrected chi connectivity index (χ0v) is 16.3. The second-order valence-corrected chi connectivity index (χ2v) is 6.89. The number of carbonyl (C=O) groups is 3. The molecule has 8 nitrogen and oxygen atoms in total. The van der Waals surface area contributed by atoms with Crippen molar-refractivity contribution in [1.29, 1.82) is 0 Å². The SMILES string of the molecule is CCCOC(=O)c1ccc(NC(=O)NC2CCN(C(=O)c3ccoc3)CC2)cc1. The number of benzene rings is 1.